The number of aryl methyl sites for hydroxylation is 1. The van der Waals surface area contributed by atoms with Crippen molar-refractivity contribution in [1.29, 1.82) is 0 Å². The maximum Gasteiger partial charge on any atom is 0.0572 e. The van der Waals surface area contributed by atoms with E-state index in [1.807, 2.05) is 12.1 Å². The number of benzene rings is 1. The summed E-state index contributed by atoms with van der Waals surface area (Å²) in [5, 5.41) is 0. The molecular weight excluding hydrogens is 138 g/mol. The summed E-state index contributed by atoms with van der Waals surface area (Å²) in [4.78, 5) is 4.75. The van der Waals surface area contributed by atoms with Gasteiger partial charge in [-0.2, -0.15) is 5.48 Å². The van der Waals surface area contributed by atoms with Gasteiger partial charge in [-0.05, 0) is 18.1 Å². The maximum atomic E-state index is 4.75. The lowest BCUT2D eigenvalue weighted by molar-refractivity contribution is 0.0866. The van der Waals surface area contributed by atoms with Crippen LogP contribution in [0, 0.1) is 6.92 Å². The molecule has 1 rings (SSSR count). The molecule has 0 radical (unpaired) electrons. The van der Waals surface area contributed by atoms with E-state index in [1.54, 1.807) is 7.11 Å². The van der Waals surface area contributed by atoms with E-state index in [2.05, 4.69) is 24.5 Å². The average Bonchev–Trinajstić information content (AvgIpc) is 2.03. The molecule has 0 aromatic heterocycles. The molecule has 2 nitrogen and oxygen atoms in total. The highest BCUT2D eigenvalue weighted by atomic mass is 16.6. The summed E-state index contributed by atoms with van der Waals surface area (Å²) in [5.74, 6) is 0. The third-order valence-corrected chi connectivity index (χ3v) is 1.67. The summed E-state index contributed by atoms with van der Waals surface area (Å²) in [5.41, 5.74) is 5.37. The number of rotatable bonds is 3. The molecule has 0 unspecified atom stereocenters. The molecular formula is C9H13NO. The van der Waals surface area contributed by atoms with Crippen molar-refractivity contribution in [2.24, 2.45) is 0 Å². The van der Waals surface area contributed by atoms with Crippen LogP contribution >= 0.6 is 0 Å². The van der Waals surface area contributed by atoms with Crippen molar-refractivity contribution < 1.29 is 4.84 Å². The van der Waals surface area contributed by atoms with Gasteiger partial charge in [-0.25, -0.2) is 0 Å². The van der Waals surface area contributed by atoms with Crippen molar-refractivity contribution in [2.75, 3.05) is 7.11 Å². The van der Waals surface area contributed by atoms with Gasteiger partial charge in [0.05, 0.1) is 7.11 Å². The van der Waals surface area contributed by atoms with Crippen molar-refractivity contribution in [1.82, 2.24) is 5.48 Å². The van der Waals surface area contributed by atoms with Crippen LogP contribution in [0.1, 0.15) is 11.1 Å². The van der Waals surface area contributed by atoms with Gasteiger partial charge in [0.1, 0.15) is 0 Å². The van der Waals surface area contributed by atoms with Crippen molar-refractivity contribution in [2.45, 2.75) is 13.5 Å². The predicted molar refractivity (Wildman–Crippen MR) is 45.0 cm³/mol. The first kappa shape index (κ1) is 8.24. The molecule has 11 heavy (non-hydrogen) atoms. The van der Waals surface area contributed by atoms with Gasteiger partial charge in [0.2, 0.25) is 0 Å². The van der Waals surface area contributed by atoms with Crippen LogP contribution in [0.5, 0.6) is 0 Å². The topological polar surface area (TPSA) is 21.3 Å². The smallest absolute Gasteiger partial charge is 0.0572 e. The zero-order valence-electron chi connectivity index (χ0n) is 6.92. The van der Waals surface area contributed by atoms with E-state index in [0.717, 1.165) is 6.54 Å². The summed E-state index contributed by atoms with van der Waals surface area (Å²) in [7, 11) is 1.62. The summed E-state index contributed by atoms with van der Waals surface area (Å²) in [6, 6.07) is 8.24. The van der Waals surface area contributed by atoms with Gasteiger partial charge in [0.25, 0.3) is 0 Å². The fourth-order valence-electron chi connectivity index (χ4n) is 0.958. The van der Waals surface area contributed by atoms with E-state index in [1.165, 1.54) is 11.1 Å². The molecule has 0 bridgehead atoms. The van der Waals surface area contributed by atoms with Gasteiger partial charge in [-0.1, -0.05) is 24.3 Å². The van der Waals surface area contributed by atoms with Crippen LogP contribution in [-0.4, -0.2) is 7.11 Å². The monoisotopic (exact) mass is 151 g/mol. The van der Waals surface area contributed by atoms with Crippen molar-refractivity contribution in [3.8, 4) is 0 Å². The average molecular weight is 151 g/mol. The molecule has 0 aliphatic heterocycles. The molecule has 1 aromatic rings. The molecule has 0 spiro atoms. The summed E-state index contributed by atoms with van der Waals surface area (Å²) in [6.07, 6.45) is 0. The third-order valence-electron chi connectivity index (χ3n) is 1.67. The minimum atomic E-state index is 0.767. The molecule has 0 saturated heterocycles. The highest BCUT2D eigenvalue weighted by molar-refractivity contribution is 5.24. The zero-order chi connectivity index (χ0) is 8.10. The van der Waals surface area contributed by atoms with E-state index < -0.39 is 0 Å². The second-order valence-corrected chi connectivity index (χ2v) is 2.45. The molecule has 0 amide bonds. The summed E-state index contributed by atoms with van der Waals surface area (Å²) >= 11 is 0. The second-order valence-electron chi connectivity index (χ2n) is 2.45. The first-order valence-electron chi connectivity index (χ1n) is 3.65. The van der Waals surface area contributed by atoms with Crippen LogP contribution in [0.3, 0.4) is 0 Å². The normalized spacial score (nSPS) is 10.0. The number of hydroxylamine groups is 1. The Balaban J connectivity index is 2.62. The van der Waals surface area contributed by atoms with E-state index in [4.69, 9.17) is 4.84 Å². The minimum Gasteiger partial charge on any atom is -0.305 e. The molecule has 0 aliphatic rings. The molecule has 60 valence electrons. The van der Waals surface area contributed by atoms with Gasteiger partial charge < -0.3 is 4.84 Å². The van der Waals surface area contributed by atoms with Crippen molar-refractivity contribution in [3.05, 3.63) is 35.4 Å². The maximum absolute atomic E-state index is 4.75. The van der Waals surface area contributed by atoms with Crippen LogP contribution in [0.25, 0.3) is 0 Å². The van der Waals surface area contributed by atoms with Crippen molar-refractivity contribution in [3.63, 3.8) is 0 Å². The Morgan fingerprint density at radius 3 is 2.73 bits per heavy atom. The third kappa shape index (κ3) is 2.33. The quantitative estimate of drug-likeness (QED) is 0.663. The van der Waals surface area contributed by atoms with Gasteiger partial charge in [0, 0.05) is 6.54 Å². The fourth-order valence-corrected chi connectivity index (χ4v) is 0.958. The van der Waals surface area contributed by atoms with Gasteiger partial charge in [-0.3, -0.25) is 0 Å². The lowest BCUT2D eigenvalue weighted by Gasteiger charge is -2.04. The van der Waals surface area contributed by atoms with E-state index in [-0.39, 0.29) is 0 Å². The summed E-state index contributed by atoms with van der Waals surface area (Å²) in [6.45, 7) is 2.86. The summed E-state index contributed by atoms with van der Waals surface area (Å²) < 4.78 is 0. The Morgan fingerprint density at radius 1 is 1.36 bits per heavy atom. The second kappa shape index (κ2) is 4.11. The lowest BCUT2D eigenvalue weighted by atomic mass is 10.1. The van der Waals surface area contributed by atoms with Crippen LogP contribution in [0.2, 0.25) is 0 Å². The number of hydrogen-bond donors (Lipinski definition) is 1. The van der Waals surface area contributed by atoms with E-state index >= 15 is 0 Å². The molecule has 0 heterocycles. The van der Waals surface area contributed by atoms with Gasteiger partial charge in [-0.15, -0.1) is 0 Å². The van der Waals surface area contributed by atoms with E-state index in [0.29, 0.717) is 0 Å². The highest BCUT2D eigenvalue weighted by Crippen LogP contribution is 2.05. The Hall–Kier alpha value is -0.860. The Morgan fingerprint density at radius 2 is 2.09 bits per heavy atom. The molecule has 1 aromatic carbocycles. The van der Waals surface area contributed by atoms with Crippen LogP contribution in [0.4, 0.5) is 0 Å². The van der Waals surface area contributed by atoms with Crippen LogP contribution in [-0.2, 0) is 11.4 Å². The van der Waals surface area contributed by atoms with Crippen LogP contribution in [0.15, 0.2) is 24.3 Å². The number of hydrogen-bond acceptors (Lipinski definition) is 2. The SMILES string of the molecule is CONCc1ccccc1C. The Bertz CT molecular complexity index is 223. The lowest BCUT2D eigenvalue weighted by Crippen LogP contribution is -2.11. The van der Waals surface area contributed by atoms with Crippen LogP contribution < -0.4 is 5.48 Å². The highest BCUT2D eigenvalue weighted by Gasteiger charge is 1.93. The molecule has 1 N–H and O–H groups in total. The van der Waals surface area contributed by atoms with Gasteiger partial charge in [0.15, 0.2) is 0 Å². The fraction of sp³-hybridized carbons (Fsp3) is 0.333. The first-order valence-corrected chi connectivity index (χ1v) is 3.65. The molecule has 0 saturated carbocycles. The van der Waals surface area contributed by atoms with Gasteiger partial charge >= 0.3 is 0 Å². The Kier molecular flexibility index (Phi) is 3.08. The number of nitrogens with one attached hydrogen (secondary N) is 1. The zero-order valence-corrected chi connectivity index (χ0v) is 6.92. The Labute approximate surface area is 67.1 Å². The van der Waals surface area contributed by atoms with E-state index in [9.17, 15) is 0 Å². The molecule has 0 fully saturated rings. The predicted octanol–water partition coefficient (Wildman–Crippen LogP) is 1.65. The molecule has 0 atom stereocenters. The molecule has 0 aliphatic carbocycles. The van der Waals surface area contributed by atoms with Crippen molar-refractivity contribution >= 4 is 0 Å². The minimum absolute atomic E-state index is 0.767. The standard InChI is InChI=1S/C9H13NO/c1-8-5-3-4-6-9(8)7-10-11-2/h3-6,10H,7H2,1-2H3. The first-order chi connectivity index (χ1) is 5.34. The largest absolute Gasteiger partial charge is 0.305 e. The molecule has 2 heteroatoms.